The summed E-state index contributed by atoms with van der Waals surface area (Å²) in [7, 11) is 0. The van der Waals surface area contributed by atoms with Gasteiger partial charge in [0.15, 0.2) is 11.8 Å². The second kappa shape index (κ2) is 6.91. The van der Waals surface area contributed by atoms with E-state index in [0.717, 1.165) is 5.52 Å². The van der Waals surface area contributed by atoms with Crippen molar-refractivity contribution in [1.82, 2.24) is 20.4 Å². The molecule has 0 aliphatic heterocycles. The topological polar surface area (TPSA) is 137 Å². The summed E-state index contributed by atoms with van der Waals surface area (Å²) in [5, 5.41) is 25.9. The number of aromatic amines is 1. The Morgan fingerprint density at radius 1 is 1.18 bits per heavy atom. The van der Waals surface area contributed by atoms with E-state index < -0.39 is 17.0 Å². The number of hydrogen-bond donors (Lipinski definition) is 1. The molecule has 0 saturated heterocycles. The zero-order valence-corrected chi connectivity index (χ0v) is 14.5. The van der Waals surface area contributed by atoms with Crippen molar-refractivity contribution in [1.29, 1.82) is 0 Å². The van der Waals surface area contributed by atoms with Crippen LogP contribution in [0.15, 0.2) is 52.9 Å². The molecule has 0 bridgehead atoms. The number of nitrogens with zero attached hydrogens (tertiary/aromatic N) is 4. The van der Waals surface area contributed by atoms with Gasteiger partial charge >= 0.3 is 5.97 Å². The lowest BCUT2D eigenvalue weighted by molar-refractivity contribution is -0.384. The number of nitrogens with one attached hydrogen (secondary N) is 1. The Bertz CT molecular complexity index is 1160. The van der Waals surface area contributed by atoms with E-state index >= 15 is 0 Å². The van der Waals surface area contributed by atoms with Gasteiger partial charge in [-0.25, -0.2) is 4.79 Å². The highest BCUT2D eigenvalue weighted by atomic mass is 16.6. The van der Waals surface area contributed by atoms with Gasteiger partial charge < -0.3 is 9.15 Å². The van der Waals surface area contributed by atoms with Crippen molar-refractivity contribution in [2.75, 3.05) is 0 Å². The number of carbonyl (C=O) groups excluding carboxylic acids is 1. The van der Waals surface area contributed by atoms with Crippen LogP contribution >= 0.6 is 0 Å². The Labute approximate surface area is 157 Å². The van der Waals surface area contributed by atoms with Crippen molar-refractivity contribution < 1.29 is 18.9 Å². The molecule has 140 valence electrons. The molecule has 28 heavy (non-hydrogen) atoms. The maximum Gasteiger partial charge on any atom is 0.360 e. The lowest BCUT2D eigenvalue weighted by Gasteiger charge is -2.07. The summed E-state index contributed by atoms with van der Waals surface area (Å²) in [6.45, 7) is 1.60. The molecule has 0 aliphatic carbocycles. The fourth-order valence-electron chi connectivity index (χ4n) is 2.63. The second-order valence-corrected chi connectivity index (χ2v) is 5.91. The highest BCUT2D eigenvalue weighted by Crippen LogP contribution is 2.25. The Morgan fingerprint density at radius 2 is 1.93 bits per heavy atom. The van der Waals surface area contributed by atoms with Crippen LogP contribution in [-0.2, 0) is 4.74 Å². The monoisotopic (exact) mass is 379 g/mol. The summed E-state index contributed by atoms with van der Waals surface area (Å²) < 4.78 is 10.9. The quantitative estimate of drug-likeness (QED) is 0.316. The molecule has 0 amide bonds. The third kappa shape index (κ3) is 3.18. The molecule has 10 nitrogen and oxygen atoms in total. The molecule has 2 aromatic heterocycles. The average molecular weight is 379 g/mol. The Balaban J connectivity index is 1.50. The van der Waals surface area contributed by atoms with Gasteiger partial charge in [0.1, 0.15) is 0 Å². The van der Waals surface area contributed by atoms with Gasteiger partial charge in [-0.1, -0.05) is 18.2 Å². The predicted molar refractivity (Wildman–Crippen MR) is 96.3 cm³/mol. The van der Waals surface area contributed by atoms with Gasteiger partial charge in [0, 0.05) is 23.1 Å². The third-order valence-corrected chi connectivity index (χ3v) is 4.06. The number of nitro benzene ring substituents is 1. The molecule has 4 rings (SSSR count). The fourth-order valence-corrected chi connectivity index (χ4v) is 2.63. The standard InChI is InChI=1S/C18H13N5O5/c1-10(27-18(24)15-13-4-2-3-5-14(13)19-20-15)16-21-22-17(28-16)11-6-8-12(9-7-11)23(25)26/h2-10H,1H3,(H,19,20)/t10-/m0/s1. The normalized spacial score (nSPS) is 12.0. The molecule has 4 aromatic rings. The SMILES string of the molecule is C[C@H](OC(=O)c1n[nH]c2ccccc12)c1nnc(-c2ccc([N+](=O)[O-])cc2)o1. The summed E-state index contributed by atoms with van der Waals surface area (Å²) in [6.07, 6.45) is -0.803. The smallest absolute Gasteiger partial charge is 0.360 e. The number of nitro groups is 1. The van der Waals surface area contributed by atoms with Gasteiger partial charge in [-0.05, 0) is 25.1 Å². The van der Waals surface area contributed by atoms with E-state index in [9.17, 15) is 14.9 Å². The largest absolute Gasteiger partial charge is 0.448 e. The molecule has 0 unspecified atom stereocenters. The average Bonchev–Trinajstić information content (AvgIpc) is 3.35. The van der Waals surface area contributed by atoms with Crippen LogP contribution in [0.3, 0.4) is 0 Å². The molecule has 2 heterocycles. The number of fused-ring (bicyclic) bond motifs is 1. The van der Waals surface area contributed by atoms with Crippen LogP contribution in [-0.4, -0.2) is 31.3 Å². The zero-order valence-electron chi connectivity index (χ0n) is 14.5. The molecule has 10 heteroatoms. The molecule has 2 aromatic carbocycles. The molecule has 0 fully saturated rings. The Morgan fingerprint density at radius 3 is 2.68 bits per heavy atom. The lowest BCUT2D eigenvalue weighted by atomic mass is 10.2. The van der Waals surface area contributed by atoms with Crippen molar-refractivity contribution in [3.8, 4) is 11.5 Å². The number of ether oxygens (including phenoxy) is 1. The van der Waals surface area contributed by atoms with Crippen molar-refractivity contribution in [2.24, 2.45) is 0 Å². The minimum Gasteiger partial charge on any atom is -0.448 e. The number of rotatable bonds is 5. The van der Waals surface area contributed by atoms with Gasteiger partial charge in [0.2, 0.25) is 5.89 Å². The number of benzene rings is 2. The zero-order chi connectivity index (χ0) is 19.7. The first-order valence-electron chi connectivity index (χ1n) is 8.25. The van der Waals surface area contributed by atoms with Crippen LogP contribution in [0.2, 0.25) is 0 Å². The number of aromatic nitrogens is 4. The summed E-state index contributed by atoms with van der Waals surface area (Å²) in [5.74, 6) is -0.361. The summed E-state index contributed by atoms with van der Waals surface area (Å²) in [5.41, 5.74) is 1.36. The molecule has 1 atom stereocenters. The number of carbonyl (C=O) groups is 1. The van der Waals surface area contributed by atoms with Gasteiger partial charge in [-0.3, -0.25) is 15.2 Å². The number of hydrogen-bond acceptors (Lipinski definition) is 8. The van der Waals surface area contributed by atoms with Crippen LogP contribution in [0.1, 0.15) is 29.4 Å². The summed E-state index contributed by atoms with van der Waals surface area (Å²) in [6, 6.07) is 12.9. The predicted octanol–water partition coefficient (Wildman–Crippen LogP) is 3.44. The summed E-state index contributed by atoms with van der Waals surface area (Å²) in [4.78, 5) is 22.6. The Kier molecular flexibility index (Phi) is 4.28. The second-order valence-electron chi connectivity index (χ2n) is 5.91. The molecule has 0 radical (unpaired) electrons. The first-order valence-corrected chi connectivity index (χ1v) is 8.25. The number of para-hydroxylation sites is 1. The first kappa shape index (κ1) is 17.3. The van der Waals surface area contributed by atoms with Crippen molar-refractivity contribution >= 4 is 22.6 Å². The number of esters is 1. The van der Waals surface area contributed by atoms with Crippen LogP contribution in [0.5, 0.6) is 0 Å². The van der Waals surface area contributed by atoms with Crippen LogP contribution in [0.4, 0.5) is 5.69 Å². The number of non-ortho nitro benzene ring substituents is 1. The minimum absolute atomic E-state index is 0.0444. The number of H-pyrrole nitrogens is 1. The molecular weight excluding hydrogens is 366 g/mol. The third-order valence-electron chi connectivity index (χ3n) is 4.06. The molecular formula is C18H13N5O5. The van der Waals surface area contributed by atoms with Crippen molar-refractivity contribution in [3.63, 3.8) is 0 Å². The van der Waals surface area contributed by atoms with Crippen molar-refractivity contribution in [3.05, 3.63) is 70.2 Å². The van der Waals surface area contributed by atoms with E-state index in [4.69, 9.17) is 9.15 Å². The molecule has 0 aliphatic rings. The molecule has 0 spiro atoms. The summed E-state index contributed by atoms with van der Waals surface area (Å²) >= 11 is 0. The van der Waals surface area contributed by atoms with Gasteiger partial charge in [-0.15, -0.1) is 10.2 Å². The minimum atomic E-state index is -0.803. The lowest BCUT2D eigenvalue weighted by Crippen LogP contribution is -2.10. The van der Waals surface area contributed by atoms with Crippen molar-refractivity contribution in [2.45, 2.75) is 13.0 Å². The van der Waals surface area contributed by atoms with E-state index in [1.54, 1.807) is 25.1 Å². The van der Waals surface area contributed by atoms with E-state index in [-0.39, 0.29) is 23.2 Å². The van der Waals surface area contributed by atoms with Gasteiger partial charge in [0.05, 0.1) is 10.4 Å². The maximum absolute atomic E-state index is 12.4. The van der Waals surface area contributed by atoms with E-state index in [2.05, 4.69) is 20.4 Å². The highest BCUT2D eigenvalue weighted by Gasteiger charge is 2.23. The van der Waals surface area contributed by atoms with E-state index in [1.807, 2.05) is 6.07 Å². The molecule has 0 saturated carbocycles. The van der Waals surface area contributed by atoms with Crippen LogP contribution < -0.4 is 0 Å². The molecule has 1 N–H and O–H groups in total. The van der Waals surface area contributed by atoms with Gasteiger partial charge in [-0.2, -0.15) is 5.10 Å². The highest BCUT2D eigenvalue weighted by molar-refractivity contribution is 6.01. The van der Waals surface area contributed by atoms with Crippen LogP contribution in [0, 0.1) is 10.1 Å². The van der Waals surface area contributed by atoms with E-state index in [0.29, 0.717) is 10.9 Å². The van der Waals surface area contributed by atoms with Gasteiger partial charge in [0.25, 0.3) is 11.6 Å². The first-order chi connectivity index (χ1) is 13.5. The van der Waals surface area contributed by atoms with Crippen LogP contribution in [0.25, 0.3) is 22.4 Å². The van der Waals surface area contributed by atoms with E-state index in [1.165, 1.54) is 24.3 Å². The maximum atomic E-state index is 12.4. The Hall–Kier alpha value is -4.08. The fraction of sp³-hybridized carbons (Fsp3) is 0.111.